The molecule has 0 unspecified atom stereocenters. The molecule has 0 saturated heterocycles. The second-order valence-corrected chi connectivity index (χ2v) is 9.72. The third-order valence-electron chi connectivity index (χ3n) is 6.30. The highest BCUT2D eigenvalue weighted by Gasteiger charge is 2.32. The number of rotatable bonds is 23. The lowest BCUT2D eigenvalue weighted by Gasteiger charge is -2.26. The Morgan fingerprint density at radius 3 is 1.18 bits per heavy atom. The van der Waals surface area contributed by atoms with Gasteiger partial charge in [-0.1, -0.05) is 117 Å². The molecule has 194 valence electrons. The molecular weight excluding hydrogens is 434 g/mol. The predicted octanol–water partition coefficient (Wildman–Crippen LogP) is 7.57. The van der Waals surface area contributed by atoms with Gasteiger partial charge in [-0.3, -0.25) is 14.5 Å². The van der Waals surface area contributed by atoms with Crippen LogP contribution < -0.4 is 0 Å². The Balaban J connectivity index is 4.32. The smallest absolute Gasteiger partial charge is 0.327 e. The minimum atomic E-state index is -1.18. The van der Waals surface area contributed by atoms with E-state index in [0.717, 1.165) is 30.6 Å². The van der Waals surface area contributed by atoms with Gasteiger partial charge in [0, 0.05) is 18.6 Å². The summed E-state index contributed by atoms with van der Waals surface area (Å²) >= 11 is 4.10. The number of carboxylic acids is 1. The maximum atomic E-state index is 12.8. The monoisotopic (exact) mass is 485 g/mol. The third-order valence-corrected chi connectivity index (χ3v) is 6.64. The first-order valence-electron chi connectivity index (χ1n) is 13.7. The van der Waals surface area contributed by atoms with Crippen LogP contribution >= 0.6 is 12.6 Å². The Morgan fingerprint density at radius 2 is 0.909 bits per heavy atom. The maximum Gasteiger partial charge on any atom is 0.327 e. The quantitative estimate of drug-likeness (QED) is 0.116. The van der Waals surface area contributed by atoms with Crippen molar-refractivity contribution in [1.29, 1.82) is 0 Å². The molecule has 33 heavy (non-hydrogen) atoms. The van der Waals surface area contributed by atoms with Gasteiger partial charge in [-0.05, 0) is 12.8 Å². The van der Waals surface area contributed by atoms with E-state index in [4.69, 9.17) is 0 Å². The van der Waals surface area contributed by atoms with Crippen molar-refractivity contribution in [3.8, 4) is 0 Å². The lowest BCUT2D eigenvalue weighted by molar-refractivity contribution is -0.157. The molecule has 1 N–H and O–H groups in total. The van der Waals surface area contributed by atoms with Gasteiger partial charge < -0.3 is 5.11 Å². The summed E-state index contributed by atoms with van der Waals surface area (Å²) in [4.78, 5) is 38.2. The number of hydrogen-bond donors (Lipinski definition) is 2. The van der Waals surface area contributed by atoms with E-state index in [0.29, 0.717) is 12.8 Å². The fourth-order valence-corrected chi connectivity index (χ4v) is 4.49. The van der Waals surface area contributed by atoms with Crippen molar-refractivity contribution in [1.82, 2.24) is 4.90 Å². The van der Waals surface area contributed by atoms with E-state index in [9.17, 15) is 19.5 Å². The molecule has 0 aliphatic rings. The third kappa shape index (κ3) is 17.1. The van der Waals surface area contributed by atoms with Gasteiger partial charge in [-0.25, -0.2) is 4.79 Å². The van der Waals surface area contributed by atoms with Crippen molar-refractivity contribution in [2.45, 2.75) is 148 Å². The Morgan fingerprint density at radius 1 is 0.606 bits per heavy atom. The molecule has 0 aromatic carbocycles. The summed E-state index contributed by atoms with van der Waals surface area (Å²) in [5, 5.41) is 9.51. The molecule has 5 nitrogen and oxygen atoms in total. The molecule has 0 aliphatic carbocycles. The second kappa shape index (κ2) is 22.7. The van der Waals surface area contributed by atoms with Crippen molar-refractivity contribution in [3.05, 3.63) is 0 Å². The number of thiol groups is 1. The highest BCUT2D eigenvalue weighted by atomic mass is 32.1. The fraction of sp³-hybridized carbons (Fsp3) is 0.889. The Kier molecular flexibility index (Phi) is 22.0. The van der Waals surface area contributed by atoms with Crippen LogP contribution in [-0.2, 0) is 14.4 Å². The summed E-state index contributed by atoms with van der Waals surface area (Å²) in [6, 6.07) is -1.18. The molecule has 0 spiro atoms. The fourth-order valence-electron chi connectivity index (χ4n) is 4.17. The molecule has 0 rings (SSSR count). The van der Waals surface area contributed by atoms with Crippen LogP contribution in [0.2, 0.25) is 0 Å². The van der Waals surface area contributed by atoms with E-state index in [2.05, 4.69) is 26.5 Å². The van der Waals surface area contributed by atoms with Crippen LogP contribution in [0.25, 0.3) is 0 Å². The number of carbonyl (C=O) groups is 3. The van der Waals surface area contributed by atoms with Crippen molar-refractivity contribution < 1.29 is 19.5 Å². The minimum absolute atomic E-state index is 0.0532. The first-order chi connectivity index (χ1) is 16.0. The highest BCUT2D eigenvalue weighted by molar-refractivity contribution is 7.80. The second-order valence-electron chi connectivity index (χ2n) is 9.35. The average molecular weight is 486 g/mol. The molecule has 1 atom stereocenters. The number of carboxylic acid groups (broad SMARTS) is 1. The van der Waals surface area contributed by atoms with Crippen molar-refractivity contribution in [2.75, 3.05) is 5.75 Å². The molecule has 0 radical (unpaired) electrons. The van der Waals surface area contributed by atoms with Gasteiger partial charge in [0.1, 0.15) is 6.04 Å². The topological polar surface area (TPSA) is 74.7 Å². The summed E-state index contributed by atoms with van der Waals surface area (Å²) in [6.07, 6.45) is 21.0. The maximum absolute atomic E-state index is 12.8. The molecule has 0 saturated carbocycles. The zero-order chi connectivity index (χ0) is 24.7. The number of imide groups is 1. The molecule has 0 bridgehead atoms. The number of carbonyl (C=O) groups excluding carboxylic acids is 2. The van der Waals surface area contributed by atoms with Crippen molar-refractivity contribution in [2.24, 2.45) is 0 Å². The van der Waals surface area contributed by atoms with Gasteiger partial charge in [0.15, 0.2) is 0 Å². The molecule has 0 aromatic heterocycles. The molecule has 0 aromatic rings. The molecule has 0 fully saturated rings. The number of amides is 2. The summed E-state index contributed by atoms with van der Waals surface area (Å²) in [5.74, 6) is -1.94. The van der Waals surface area contributed by atoms with Gasteiger partial charge in [0.25, 0.3) is 0 Å². The van der Waals surface area contributed by atoms with E-state index < -0.39 is 12.0 Å². The number of hydrogen-bond acceptors (Lipinski definition) is 4. The van der Waals surface area contributed by atoms with Crippen LogP contribution in [-0.4, -0.2) is 39.6 Å². The van der Waals surface area contributed by atoms with Crippen LogP contribution in [0, 0.1) is 0 Å². The SMILES string of the molecule is CCCCCCCCCCCC(=O)N(C(=O)CCCCCCCCCCC)[C@@H](CS)C(=O)O. The first kappa shape index (κ1) is 32.0. The standard InChI is InChI=1S/C27H51NO4S/c1-3-5-7-9-11-13-15-17-19-21-25(29)28(24(23-33)27(31)32)26(30)22-20-18-16-14-12-10-8-6-4-2/h24,33H,3-23H2,1-2H3,(H,31,32)/t24-/m0/s1. The zero-order valence-corrected chi connectivity index (χ0v) is 22.4. The summed E-state index contributed by atoms with van der Waals surface area (Å²) < 4.78 is 0. The van der Waals surface area contributed by atoms with Gasteiger partial charge in [-0.15, -0.1) is 0 Å². The van der Waals surface area contributed by atoms with E-state index in [1.54, 1.807) is 0 Å². The van der Waals surface area contributed by atoms with E-state index in [-0.39, 0.29) is 30.4 Å². The van der Waals surface area contributed by atoms with Crippen LogP contribution in [0.5, 0.6) is 0 Å². The minimum Gasteiger partial charge on any atom is -0.480 e. The van der Waals surface area contributed by atoms with Crippen molar-refractivity contribution in [3.63, 3.8) is 0 Å². The van der Waals surface area contributed by atoms with E-state index in [1.807, 2.05) is 0 Å². The molecule has 0 heterocycles. The van der Waals surface area contributed by atoms with Crippen LogP contribution in [0.3, 0.4) is 0 Å². The number of nitrogens with zero attached hydrogens (tertiary/aromatic N) is 1. The Bertz CT molecular complexity index is 478. The molecule has 6 heteroatoms. The van der Waals surface area contributed by atoms with Gasteiger partial charge in [-0.2, -0.15) is 12.6 Å². The predicted molar refractivity (Wildman–Crippen MR) is 141 cm³/mol. The Hall–Kier alpha value is -1.04. The summed E-state index contributed by atoms with van der Waals surface area (Å²) in [5.41, 5.74) is 0. The van der Waals surface area contributed by atoms with Crippen LogP contribution in [0.15, 0.2) is 0 Å². The van der Waals surface area contributed by atoms with Crippen molar-refractivity contribution >= 4 is 30.4 Å². The number of unbranched alkanes of at least 4 members (excludes halogenated alkanes) is 16. The Labute approximate surface area is 208 Å². The summed E-state index contributed by atoms with van der Waals surface area (Å²) in [6.45, 7) is 4.42. The highest BCUT2D eigenvalue weighted by Crippen LogP contribution is 2.16. The zero-order valence-electron chi connectivity index (χ0n) is 21.5. The summed E-state index contributed by atoms with van der Waals surface area (Å²) in [7, 11) is 0. The number of aliphatic carboxylic acids is 1. The first-order valence-corrected chi connectivity index (χ1v) is 14.3. The molecule has 0 aliphatic heterocycles. The lowest BCUT2D eigenvalue weighted by atomic mass is 10.0. The van der Waals surface area contributed by atoms with Gasteiger partial charge >= 0.3 is 5.97 Å². The van der Waals surface area contributed by atoms with Crippen LogP contribution in [0.4, 0.5) is 0 Å². The largest absolute Gasteiger partial charge is 0.480 e. The molecule has 2 amide bonds. The normalized spacial score (nSPS) is 12.0. The van der Waals surface area contributed by atoms with Gasteiger partial charge in [0.05, 0.1) is 0 Å². The van der Waals surface area contributed by atoms with E-state index in [1.165, 1.54) is 77.0 Å². The van der Waals surface area contributed by atoms with E-state index >= 15 is 0 Å². The van der Waals surface area contributed by atoms with Gasteiger partial charge in [0.2, 0.25) is 11.8 Å². The average Bonchev–Trinajstić information content (AvgIpc) is 2.79. The van der Waals surface area contributed by atoms with Crippen LogP contribution in [0.1, 0.15) is 142 Å². The lowest BCUT2D eigenvalue weighted by Crippen LogP contribution is -2.49. The molecular formula is C27H51NO4S.